The molecule has 6 nitrogen and oxygen atoms in total. The van der Waals surface area contributed by atoms with E-state index in [0.717, 1.165) is 20.4 Å². The number of carbonyl (C=O) groups excluding carboxylic acids is 2. The lowest BCUT2D eigenvalue weighted by Crippen LogP contribution is -2.12. The SMILES string of the molecule is COC(=O)c1ccc(C)c(Sc2cnc(NC(=O)c3ccc(N(C)C)cc3)s2)c1. The van der Waals surface area contributed by atoms with E-state index < -0.39 is 0 Å². The molecule has 0 spiro atoms. The number of hydrogen-bond donors (Lipinski definition) is 1. The van der Waals surface area contributed by atoms with Crippen LogP contribution in [0.15, 0.2) is 57.8 Å². The van der Waals surface area contributed by atoms with Gasteiger partial charge >= 0.3 is 5.97 Å². The van der Waals surface area contributed by atoms with Crippen molar-refractivity contribution in [2.75, 3.05) is 31.4 Å². The van der Waals surface area contributed by atoms with E-state index in [2.05, 4.69) is 10.3 Å². The highest BCUT2D eigenvalue weighted by Gasteiger charge is 2.13. The van der Waals surface area contributed by atoms with Gasteiger partial charge in [-0.25, -0.2) is 9.78 Å². The fourth-order valence-electron chi connectivity index (χ4n) is 2.51. The molecule has 0 bridgehead atoms. The molecule has 0 fully saturated rings. The van der Waals surface area contributed by atoms with Crippen LogP contribution in [0.2, 0.25) is 0 Å². The zero-order chi connectivity index (χ0) is 21.0. The minimum atomic E-state index is -0.371. The van der Waals surface area contributed by atoms with E-state index in [1.54, 1.807) is 30.5 Å². The molecule has 0 aliphatic carbocycles. The molecule has 1 heterocycles. The van der Waals surface area contributed by atoms with Gasteiger partial charge in [0.15, 0.2) is 5.13 Å². The minimum Gasteiger partial charge on any atom is -0.465 e. The second-order valence-corrected chi connectivity index (χ2v) is 8.83. The number of nitrogens with zero attached hydrogens (tertiary/aromatic N) is 2. The molecule has 2 aromatic carbocycles. The summed E-state index contributed by atoms with van der Waals surface area (Å²) in [4.78, 5) is 31.4. The summed E-state index contributed by atoms with van der Waals surface area (Å²) in [7, 11) is 5.26. The zero-order valence-corrected chi connectivity index (χ0v) is 18.2. The molecule has 0 unspecified atom stereocenters. The molecule has 1 N–H and O–H groups in total. The lowest BCUT2D eigenvalue weighted by Gasteiger charge is -2.12. The number of aromatic nitrogens is 1. The molecule has 0 aliphatic heterocycles. The van der Waals surface area contributed by atoms with Crippen molar-refractivity contribution in [3.8, 4) is 0 Å². The lowest BCUT2D eigenvalue weighted by molar-refractivity contribution is 0.0600. The maximum atomic E-state index is 12.5. The van der Waals surface area contributed by atoms with Crippen LogP contribution in [0.25, 0.3) is 0 Å². The lowest BCUT2D eigenvalue weighted by atomic mass is 10.1. The molecule has 1 amide bonds. The Balaban J connectivity index is 1.69. The van der Waals surface area contributed by atoms with Crippen LogP contribution in [0, 0.1) is 6.92 Å². The van der Waals surface area contributed by atoms with Gasteiger partial charge in [-0.3, -0.25) is 10.1 Å². The van der Waals surface area contributed by atoms with Crippen LogP contribution in [0.3, 0.4) is 0 Å². The van der Waals surface area contributed by atoms with Crippen molar-refractivity contribution in [3.05, 3.63) is 65.4 Å². The van der Waals surface area contributed by atoms with Crippen molar-refractivity contribution in [1.82, 2.24) is 4.98 Å². The van der Waals surface area contributed by atoms with Gasteiger partial charge in [0.2, 0.25) is 0 Å². The molecule has 29 heavy (non-hydrogen) atoms. The predicted octanol–water partition coefficient (Wildman–Crippen LogP) is 4.71. The van der Waals surface area contributed by atoms with E-state index in [1.807, 2.05) is 44.1 Å². The Morgan fingerprint density at radius 1 is 1.10 bits per heavy atom. The summed E-state index contributed by atoms with van der Waals surface area (Å²) in [5, 5.41) is 3.36. The van der Waals surface area contributed by atoms with Gasteiger partial charge in [-0.1, -0.05) is 29.2 Å². The van der Waals surface area contributed by atoms with Crippen molar-refractivity contribution in [2.24, 2.45) is 0 Å². The topological polar surface area (TPSA) is 71.5 Å². The third-order valence-corrected chi connectivity index (χ3v) is 6.34. The Morgan fingerprint density at radius 3 is 2.45 bits per heavy atom. The fraction of sp³-hybridized carbons (Fsp3) is 0.190. The summed E-state index contributed by atoms with van der Waals surface area (Å²) >= 11 is 2.88. The number of ether oxygens (including phenoxy) is 1. The van der Waals surface area contributed by atoms with Gasteiger partial charge in [-0.15, -0.1) is 0 Å². The van der Waals surface area contributed by atoms with Crippen LogP contribution >= 0.6 is 23.1 Å². The maximum Gasteiger partial charge on any atom is 0.337 e. The number of thiazole rings is 1. The van der Waals surface area contributed by atoms with Gasteiger partial charge in [0.05, 0.1) is 23.1 Å². The largest absolute Gasteiger partial charge is 0.465 e. The average Bonchev–Trinajstić information content (AvgIpc) is 3.15. The first-order chi connectivity index (χ1) is 13.9. The molecule has 0 saturated carbocycles. The van der Waals surface area contributed by atoms with E-state index >= 15 is 0 Å². The maximum absolute atomic E-state index is 12.5. The van der Waals surface area contributed by atoms with E-state index in [0.29, 0.717) is 16.3 Å². The minimum absolute atomic E-state index is 0.204. The van der Waals surface area contributed by atoms with Gasteiger partial charge in [-0.2, -0.15) is 0 Å². The Hall–Kier alpha value is -2.84. The average molecular weight is 428 g/mol. The number of hydrogen-bond acceptors (Lipinski definition) is 7. The van der Waals surface area contributed by atoms with Crippen molar-refractivity contribution in [3.63, 3.8) is 0 Å². The van der Waals surface area contributed by atoms with Crippen LogP contribution in [0.1, 0.15) is 26.3 Å². The molecule has 0 saturated heterocycles. The van der Waals surface area contributed by atoms with Gasteiger partial charge in [0.25, 0.3) is 5.91 Å². The monoisotopic (exact) mass is 427 g/mol. The highest BCUT2D eigenvalue weighted by atomic mass is 32.2. The van der Waals surface area contributed by atoms with Crippen molar-refractivity contribution in [2.45, 2.75) is 16.0 Å². The van der Waals surface area contributed by atoms with E-state index in [9.17, 15) is 9.59 Å². The number of aryl methyl sites for hydroxylation is 1. The number of amides is 1. The molecule has 0 radical (unpaired) electrons. The third kappa shape index (κ3) is 5.16. The highest BCUT2D eigenvalue weighted by molar-refractivity contribution is 8.01. The molecular formula is C21H21N3O3S2. The Bertz CT molecular complexity index is 1030. The number of methoxy groups -OCH3 is 1. The molecule has 8 heteroatoms. The van der Waals surface area contributed by atoms with E-state index in [4.69, 9.17) is 4.74 Å². The number of carbonyl (C=O) groups is 2. The number of benzene rings is 2. The van der Waals surface area contributed by atoms with Crippen LogP contribution in [0.4, 0.5) is 10.8 Å². The van der Waals surface area contributed by atoms with Gasteiger partial charge < -0.3 is 9.64 Å². The molecule has 150 valence electrons. The summed E-state index contributed by atoms with van der Waals surface area (Å²) in [6, 6.07) is 12.8. The molecule has 1 aromatic heterocycles. The normalized spacial score (nSPS) is 10.5. The molecule has 3 rings (SSSR count). The first-order valence-corrected chi connectivity index (χ1v) is 10.4. The smallest absolute Gasteiger partial charge is 0.337 e. The van der Waals surface area contributed by atoms with Crippen molar-refractivity contribution < 1.29 is 14.3 Å². The molecular weight excluding hydrogens is 406 g/mol. The summed E-state index contributed by atoms with van der Waals surface area (Å²) in [5.74, 6) is -0.575. The Kier molecular flexibility index (Phi) is 6.56. The number of nitrogens with one attached hydrogen (secondary N) is 1. The van der Waals surface area contributed by atoms with E-state index in [-0.39, 0.29) is 11.9 Å². The summed E-state index contributed by atoms with van der Waals surface area (Å²) < 4.78 is 5.69. The van der Waals surface area contributed by atoms with Crippen LogP contribution in [-0.4, -0.2) is 38.1 Å². The third-order valence-electron chi connectivity index (χ3n) is 4.17. The predicted molar refractivity (Wildman–Crippen MR) is 117 cm³/mol. The van der Waals surface area contributed by atoms with Gasteiger partial charge in [0, 0.05) is 30.2 Å². The summed E-state index contributed by atoms with van der Waals surface area (Å²) in [6.45, 7) is 1.98. The standard InChI is InChI=1S/C21H21N3O3S2/c1-13-5-6-15(20(26)27-4)11-17(13)28-18-12-22-21(29-18)23-19(25)14-7-9-16(10-8-14)24(2)3/h5-12H,1-4H3,(H,22,23,25). The number of anilines is 2. The zero-order valence-electron chi connectivity index (χ0n) is 16.6. The number of rotatable bonds is 6. The number of esters is 1. The molecule has 3 aromatic rings. The van der Waals surface area contributed by atoms with Crippen molar-refractivity contribution in [1.29, 1.82) is 0 Å². The fourth-order valence-corrected chi connectivity index (χ4v) is 4.46. The first-order valence-electron chi connectivity index (χ1n) is 8.79. The van der Waals surface area contributed by atoms with Gasteiger partial charge in [-0.05, 0) is 48.9 Å². The molecule has 0 aliphatic rings. The van der Waals surface area contributed by atoms with Crippen LogP contribution in [-0.2, 0) is 4.74 Å². The highest BCUT2D eigenvalue weighted by Crippen LogP contribution is 2.36. The first kappa shape index (κ1) is 20.9. The van der Waals surface area contributed by atoms with Crippen LogP contribution < -0.4 is 10.2 Å². The molecule has 0 atom stereocenters. The summed E-state index contributed by atoms with van der Waals surface area (Å²) in [5.41, 5.74) is 3.14. The Morgan fingerprint density at radius 2 is 1.79 bits per heavy atom. The second-order valence-electron chi connectivity index (χ2n) is 6.45. The second kappa shape index (κ2) is 9.11. The van der Waals surface area contributed by atoms with Crippen molar-refractivity contribution >= 4 is 45.8 Å². The quantitative estimate of drug-likeness (QED) is 0.575. The van der Waals surface area contributed by atoms with E-state index in [1.165, 1.54) is 30.2 Å². The van der Waals surface area contributed by atoms with Gasteiger partial charge in [0.1, 0.15) is 0 Å². The summed E-state index contributed by atoms with van der Waals surface area (Å²) in [6.07, 6.45) is 1.71. The van der Waals surface area contributed by atoms with Crippen LogP contribution in [0.5, 0.6) is 0 Å². The Labute approximate surface area is 177 Å².